The Morgan fingerprint density at radius 1 is 1.24 bits per heavy atom. The van der Waals surface area contributed by atoms with Crippen molar-refractivity contribution in [2.45, 2.75) is 32.6 Å². The number of nitrogens with zero attached hydrogens (tertiary/aromatic N) is 1. The van der Waals surface area contributed by atoms with Gasteiger partial charge in [-0.3, -0.25) is 25.2 Å². The van der Waals surface area contributed by atoms with Crippen molar-refractivity contribution in [2.24, 2.45) is 0 Å². The first-order valence-electron chi connectivity index (χ1n) is 9.49. The fraction of sp³-hybridized carbons (Fsp3) is 0.450. The van der Waals surface area contributed by atoms with Crippen molar-refractivity contribution >= 4 is 35.4 Å². The quantitative estimate of drug-likeness (QED) is 0.518. The van der Waals surface area contributed by atoms with Crippen LogP contribution in [0.3, 0.4) is 0 Å². The number of ether oxygens (including phenoxy) is 2. The predicted molar refractivity (Wildman–Crippen MR) is 110 cm³/mol. The molecule has 29 heavy (non-hydrogen) atoms. The number of carbonyl (C=O) groups is 3. The van der Waals surface area contributed by atoms with Gasteiger partial charge in [-0.15, -0.1) is 0 Å². The van der Waals surface area contributed by atoms with Crippen LogP contribution in [0.25, 0.3) is 6.08 Å². The predicted octanol–water partition coefficient (Wildman–Crippen LogP) is 2.31. The van der Waals surface area contributed by atoms with E-state index in [0.717, 1.165) is 19.3 Å². The number of nitrogens with one attached hydrogen (secondary N) is 2. The summed E-state index contributed by atoms with van der Waals surface area (Å²) in [5.41, 5.74) is 5.25. The second kappa shape index (κ2) is 11.3. The van der Waals surface area contributed by atoms with Crippen molar-refractivity contribution in [1.82, 2.24) is 15.8 Å². The maximum absolute atomic E-state index is 12.0. The molecule has 2 N–H and O–H groups in total. The Kier molecular flexibility index (Phi) is 8.79. The third-order valence-corrected chi connectivity index (χ3v) is 4.57. The first-order valence-corrected chi connectivity index (χ1v) is 9.87. The summed E-state index contributed by atoms with van der Waals surface area (Å²) in [5.74, 6) is -0.118. The molecule has 1 heterocycles. The molecule has 1 saturated heterocycles. The van der Waals surface area contributed by atoms with Crippen molar-refractivity contribution in [2.75, 3.05) is 26.8 Å². The van der Waals surface area contributed by atoms with E-state index in [1.807, 2.05) is 6.92 Å². The summed E-state index contributed by atoms with van der Waals surface area (Å²) in [6, 6.07) is 3.33. The van der Waals surface area contributed by atoms with Crippen molar-refractivity contribution in [3.8, 4) is 11.5 Å². The van der Waals surface area contributed by atoms with Gasteiger partial charge in [0.2, 0.25) is 5.91 Å². The highest BCUT2D eigenvalue weighted by Crippen LogP contribution is 2.36. The number of hydrogen-bond acceptors (Lipinski definition) is 5. The molecule has 1 aromatic carbocycles. The molecule has 0 saturated carbocycles. The first kappa shape index (κ1) is 22.5. The molecule has 0 radical (unpaired) electrons. The number of hydrazine groups is 1. The van der Waals surface area contributed by atoms with Crippen LogP contribution in [0.5, 0.6) is 11.5 Å². The molecule has 0 atom stereocenters. The van der Waals surface area contributed by atoms with Crippen LogP contribution in [0.2, 0.25) is 5.02 Å². The molecule has 0 spiro atoms. The lowest BCUT2D eigenvalue weighted by atomic mass is 10.2. The summed E-state index contributed by atoms with van der Waals surface area (Å²) >= 11 is 6.18. The number of halogens is 1. The van der Waals surface area contributed by atoms with E-state index in [1.54, 1.807) is 12.1 Å². The standard InChI is InChI=1S/C20H26ClN3O5/c1-3-29-16-12-14(11-15(21)20(16)28-2)8-9-17(25)22-23-18(26)13-24-10-6-4-5-7-19(24)27/h8-9,11-12H,3-7,10,13H2,1-2H3,(H,22,25)(H,23,26)/b9-8+. The number of carbonyl (C=O) groups excluding carboxylic acids is 3. The van der Waals surface area contributed by atoms with Gasteiger partial charge < -0.3 is 14.4 Å². The molecule has 1 aliphatic heterocycles. The van der Waals surface area contributed by atoms with Crippen LogP contribution in [-0.2, 0) is 14.4 Å². The lowest BCUT2D eigenvalue weighted by Gasteiger charge is -2.19. The molecule has 9 heteroatoms. The highest BCUT2D eigenvalue weighted by Gasteiger charge is 2.19. The average molecular weight is 424 g/mol. The number of rotatable bonds is 7. The Morgan fingerprint density at radius 3 is 2.76 bits per heavy atom. The molecular weight excluding hydrogens is 398 g/mol. The van der Waals surface area contributed by atoms with Gasteiger partial charge in [0.05, 0.1) is 18.7 Å². The second-order valence-corrected chi connectivity index (χ2v) is 6.87. The Labute approximate surface area is 175 Å². The molecule has 3 amide bonds. The minimum atomic E-state index is -0.523. The van der Waals surface area contributed by atoms with Crippen LogP contribution < -0.4 is 20.3 Å². The lowest BCUT2D eigenvalue weighted by molar-refractivity contribution is -0.136. The molecule has 8 nitrogen and oxygen atoms in total. The molecular formula is C20H26ClN3O5. The maximum Gasteiger partial charge on any atom is 0.262 e. The molecule has 158 valence electrons. The molecule has 1 fully saturated rings. The third-order valence-electron chi connectivity index (χ3n) is 4.29. The van der Waals surface area contributed by atoms with E-state index in [-0.39, 0.29) is 12.5 Å². The zero-order valence-electron chi connectivity index (χ0n) is 16.6. The minimum absolute atomic E-state index is 0.0367. The summed E-state index contributed by atoms with van der Waals surface area (Å²) < 4.78 is 10.7. The maximum atomic E-state index is 12.0. The van der Waals surface area contributed by atoms with E-state index in [9.17, 15) is 14.4 Å². The van der Waals surface area contributed by atoms with Crippen LogP contribution in [0, 0.1) is 0 Å². The lowest BCUT2D eigenvalue weighted by Crippen LogP contribution is -2.47. The van der Waals surface area contributed by atoms with Crippen LogP contribution in [0.15, 0.2) is 18.2 Å². The summed E-state index contributed by atoms with van der Waals surface area (Å²) in [4.78, 5) is 37.4. The Bertz CT molecular complexity index is 782. The smallest absolute Gasteiger partial charge is 0.262 e. The van der Waals surface area contributed by atoms with E-state index in [1.165, 1.54) is 24.2 Å². The van der Waals surface area contributed by atoms with Gasteiger partial charge in [-0.1, -0.05) is 18.0 Å². The number of amides is 3. The zero-order chi connectivity index (χ0) is 21.2. The van der Waals surface area contributed by atoms with Crippen LogP contribution in [-0.4, -0.2) is 49.4 Å². The summed E-state index contributed by atoms with van der Waals surface area (Å²) in [6.07, 6.45) is 5.95. The zero-order valence-corrected chi connectivity index (χ0v) is 17.4. The minimum Gasteiger partial charge on any atom is -0.491 e. The molecule has 0 aliphatic carbocycles. The van der Waals surface area contributed by atoms with E-state index in [4.69, 9.17) is 21.1 Å². The fourth-order valence-electron chi connectivity index (χ4n) is 2.91. The SMILES string of the molecule is CCOc1cc(/C=C/C(=O)NNC(=O)CN2CCCCCC2=O)cc(Cl)c1OC. The average Bonchev–Trinajstić information content (AvgIpc) is 2.89. The van der Waals surface area contributed by atoms with Gasteiger partial charge >= 0.3 is 0 Å². The molecule has 1 aliphatic rings. The fourth-order valence-corrected chi connectivity index (χ4v) is 3.20. The number of methoxy groups -OCH3 is 1. The number of likely N-dealkylation sites (tertiary alicyclic amines) is 1. The van der Waals surface area contributed by atoms with E-state index >= 15 is 0 Å². The molecule has 2 rings (SSSR count). The number of benzene rings is 1. The monoisotopic (exact) mass is 423 g/mol. The molecule has 0 unspecified atom stereocenters. The van der Waals surface area contributed by atoms with Gasteiger partial charge in [-0.05, 0) is 43.5 Å². The van der Waals surface area contributed by atoms with Gasteiger partial charge in [-0.25, -0.2) is 0 Å². The highest BCUT2D eigenvalue weighted by molar-refractivity contribution is 6.32. The molecule has 1 aromatic rings. The third kappa shape index (κ3) is 6.98. The molecule has 0 aromatic heterocycles. The van der Waals surface area contributed by atoms with Gasteiger partial charge in [0.25, 0.3) is 11.8 Å². The Balaban J connectivity index is 1.89. The van der Waals surface area contributed by atoms with E-state index in [2.05, 4.69) is 10.9 Å². The first-order chi connectivity index (χ1) is 13.9. The largest absolute Gasteiger partial charge is 0.491 e. The summed E-state index contributed by atoms with van der Waals surface area (Å²) in [5, 5.41) is 0.355. The topological polar surface area (TPSA) is 97.0 Å². The van der Waals surface area contributed by atoms with Gasteiger partial charge in [0.1, 0.15) is 6.54 Å². The highest BCUT2D eigenvalue weighted by atomic mass is 35.5. The Morgan fingerprint density at radius 2 is 2.03 bits per heavy atom. The van der Waals surface area contributed by atoms with Gasteiger partial charge in [0.15, 0.2) is 11.5 Å². The van der Waals surface area contributed by atoms with E-state index in [0.29, 0.717) is 41.7 Å². The van der Waals surface area contributed by atoms with Crippen LogP contribution in [0.4, 0.5) is 0 Å². The molecule has 0 bridgehead atoms. The summed E-state index contributed by atoms with van der Waals surface area (Å²) in [6.45, 7) is 2.76. The van der Waals surface area contributed by atoms with Crippen molar-refractivity contribution in [1.29, 1.82) is 0 Å². The second-order valence-electron chi connectivity index (χ2n) is 6.46. The van der Waals surface area contributed by atoms with Gasteiger partial charge in [0, 0.05) is 19.0 Å². The van der Waals surface area contributed by atoms with Gasteiger partial charge in [-0.2, -0.15) is 0 Å². The number of hydrogen-bond donors (Lipinski definition) is 2. The van der Waals surface area contributed by atoms with Crippen molar-refractivity contribution in [3.05, 3.63) is 28.8 Å². The van der Waals surface area contributed by atoms with Crippen LogP contribution >= 0.6 is 11.6 Å². The Hall–Kier alpha value is -2.74. The van der Waals surface area contributed by atoms with Crippen LogP contribution in [0.1, 0.15) is 38.2 Å². The van der Waals surface area contributed by atoms with Crippen molar-refractivity contribution < 1.29 is 23.9 Å². The van der Waals surface area contributed by atoms with Crippen molar-refractivity contribution in [3.63, 3.8) is 0 Å². The van der Waals surface area contributed by atoms with E-state index < -0.39 is 11.8 Å². The summed E-state index contributed by atoms with van der Waals surface area (Å²) in [7, 11) is 1.49. The normalized spacial score (nSPS) is 14.4.